The topological polar surface area (TPSA) is 39.6 Å². The number of nitrogens with two attached hydrogens (primary N) is 1. The van der Waals surface area contributed by atoms with Gasteiger partial charge in [0.2, 0.25) is 5.75 Å². The molecule has 0 unspecified atom stereocenters. The first kappa shape index (κ1) is 6.43. The molecule has 0 aliphatic carbocycles. The summed E-state index contributed by atoms with van der Waals surface area (Å²) in [5, 5.41) is 2.74. The summed E-state index contributed by atoms with van der Waals surface area (Å²) < 4.78 is 0. The van der Waals surface area contributed by atoms with E-state index in [-0.39, 0.29) is 0 Å². The van der Waals surface area contributed by atoms with Crippen LogP contribution in [0.25, 0.3) is 5.01 Å². The van der Waals surface area contributed by atoms with Crippen LogP contribution in [-0.4, -0.2) is 0 Å². The Morgan fingerprint density at radius 1 is 1.30 bits per heavy atom. The van der Waals surface area contributed by atoms with Crippen molar-refractivity contribution in [1.29, 1.82) is 0 Å². The lowest BCUT2D eigenvalue weighted by Crippen LogP contribution is -1.83. The molecule has 0 radical (unpaired) electrons. The Morgan fingerprint density at radius 2 is 1.90 bits per heavy atom. The molecule has 2 N–H and O–H groups in total. The van der Waals surface area contributed by atoms with Crippen LogP contribution in [0.5, 0.6) is 5.75 Å². The summed E-state index contributed by atoms with van der Waals surface area (Å²) in [5.74, 6) is 0.518. The highest BCUT2D eigenvalue weighted by Gasteiger charge is 1.92. The Bertz CT molecular complexity index is 247. The highest BCUT2D eigenvalue weighted by molar-refractivity contribution is 5.41. The second-order valence-corrected chi connectivity index (χ2v) is 1.75. The average Bonchev–Trinajstić information content (AvgIpc) is 1.95. The Hall–Kier alpha value is -1.69. The van der Waals surface area contributed by atoms with E-state index >= 15 is 0 Å². The molecule has 10 heavy (non-hydrogen) atoms. The van der Waals surface area contributed by atoms with Gasteiger partial charge in [-0.25, -0.2) is 0 Å². The number of benzene rings is 1. The number of hydrogen-bond acceptors (Lipinski definition) is 2. The van der Waals surface area contributed by atoms with Gasteiger partial charge in [-0.15, -0.1) is 0 Å². The molecule has 0 spiro atoms. The van der Waals surface area contributed by atoms with Gasteiger partial charge in [0.1, 0.15) is 0 Å². The lowest BCUT2D eigenvalue weighted by molar-refractivity contribution is 0.473. The SMILES string of the molecule is [C-]#[N+]Oc1ccc(N)cc1. The third kappa shape index (κ3) is 1.39. The summed E-state index contributed by atoms with van der Waals surface area (Å²) in [5.41, 5.74) is 6.05. The molecule has 0 heterocycles. The number of hydrogen-bond donors (Lipinski definition) is 1. The number of nitrogens with zero attached hydrogens (tertiary/aromatic N) is 1. The van der Waals surface area contributed by atoms with Gasteiger partial charge in [0, 0.05) is 5.69 Å². The zero-order valence-corrected chi connectivity index (χ0v) is 5.24. The minimum Gasteiger partial charge on any atom is -0.399 e. The van der Waals surface area contributed by atoms with Gasteiger partial charge >= 0.3 is 0 Å². The zero-order chi connectivity index (χ0) is 7.40. The maximum atomic E-state index is 6.37. The fourth-order valence-electron chi connectivity index (χ4n) is 0.581. The standard InChI is InChI=1S/C7H6N2O/c1-9-10-7-4-2-6(8)3-5-7/h2-5H,8H2. The maximum Gasteiger partial charge on any atom is 0.219 e. The molecule has 0 bridgehead atoms. The van der Waals surface area contributed by atoms with E-state index < -0.39 is 0 Å². The molecule has 0 aliphatic heterocycles. The third-order valence-corrected chi connectivity index (χ3v) is 1.03. The normalized spacial score (nSPS) is 8.30. The zero-order valence-electron chi connectivity index (χ0n) is 5.24. The Balaban J connectivity index is 2.81. The van der Waals surface area contributed by atoms with Crippen LogP contribution >= 0.6 is 0 Å². The van der Waals surface area contributed by atoms with Gasteiger partial charge in [0.05, 0.1) is 0 Å². The van der Waals surface area contributed by atoms with Crippen LogP contribution in [0.15, 0.2) is 24.3 Å². The molecule has 0 aliphatic rings. The summed E-state index contributed by atoms with van der Waals surface area (Å²) in [6, 6.07) is 6.65. The van der Waals surface area contributed by atoms with Crippen molar-refractivity contribution >= 4 is 5.69 Å². The molecule has 0 saturated carbocycles. The molecule has 1 aromatic rings. The van der Waals surface area contributed by atoms with E-state index in [1.807, 2.05) is 0 Å². The van der Waals surface area contributed by atoms with Crippen molar-refractivity contribution in [3.05, 3.63) is 35.8 Å². The first-order valence-corrected chi connectivity index (χ1v) is 2.72. The van der Waals surface area contributed by atoms with Crippen LogP contribution in [0.2, 0.25) is 0 Å². The molecular formula is C7H6N2O. The molecule has 1 aromatic carbocycles. The van der Waals surface area contributed by atoms with Crippen molar-refractivity contribution in [1.82, 2.24) is 0 Å². The average molecular weight is 134 g/mol. The van der Waals surface area contributed by atoms with Gasteiger partial charge in [0.25, 0.3) is 0 Å². The summed E-state index contributed by atoms with van der Waals surface area (Å²) >= 11 is 0. The first-order chi connectivity index (χ1) is 4.83. The molecule has 0 atom stereocenters. The first-order valence-electron chi connectivity index (χ1n) is 2.72. The molecule has 0 aromatic heterocycles. The molecule has 1 rings (SSSR count). The van der Waals surface area contributed by atoms with Crippen LogP contribution in [-0.2, 0) is 0 Å². The van der Waals surface area contributed by atoms with E-state index in [9.17, 15) is 0 Å². The molecule has 0 saturated heterocycles. The van der Waals surface area contributed by atoms with Crippen LogP contribution < -0.4 is 10.6 Å². The molecule has 3 heteroatoms. The van der Waals surface area contributed by atoms with Crippen molar-refractivity contribution in [2.75, 3.05) is 5.73 Å². The second kappa shape index (κ2) is 2.74. The predicted molar refractivity (Wildman–Crippen MR) is 38.1 cm³/mol. The maximum absolute atomic E-state index is 6.37. The highest BCUT2D eigenvalue weighted by Crippen LogP contribution is 2.12. The monoisotopic (exact) mass is 134 g/mol. The van der Waals surface area contributed by atoms with Crippen LogP contribution in [0.3, 0.4) is 0 Å². The van der Waals surface area contributed by atoms with Gasteiger partial charge in [-0.1, -0.05) is 0 Å². The van der Waals surface area contributed by atoms with Crippen LogP contribution in [0.4, 0.5) is 5.69 Å². The number of rotatable bonds is 1. The van der Waals surface area contributed by atoms with Crippen molar-refractivity contribution in [3.63, 3.8) is 0 Å². The quantitative estimate of drug-likeness (QED) is 0.359. The largest absolute Gasteiger partial charge is 0.399 e. The summed E-state index contributed by atoms with van der Waals surface area (Å²) in [6.45, 7) is 6.37. The van der Waals surface area contributed by atoms with E-state index in [1.165, 1.54) is 0 Å². The number of anilines is 1. The van der Waals surface area contributed by atoms with Gasteiger partial charge < -0.3 is 5.73 Å². The second-order valence-electron chi connectivity index (χ2n) is 1.75. The fraction of sp³-hybridized carbons (Fsp3) is 0. The molecule has 50 valence electrons. The lowest BCUT2D eigenvalue weighted by atomic mass is 10.3. The fourth-order valence-corrected chi connectivity index (χ4v) is 0.581. The molecule has 3 nitrogen and oxygen atoms in total. The third-order valence-electron chi connectivity index (χ3n) is 1.03. The predicted octanol–water partition coefficient (Wildman–Crippen LogP) is 1.48. The Morgan fingerprint density at radius 3 is 2.40 bits per heavy atom. The van der Waals surface area contributed by atoms with Gasteiger partial charge in [0.15, 0.2) is 0 Å². The van der Waals surface area contributed by atoms with E-state index in [4.69, 9.17) is 12.3 Å². The minimum atomic E-state index is 0.518. The lowest BCUT2D eigenvalue weighted by Gasteiger charge is -1.90. The Kier molecular flexibility index (Phi) is 1.76. The van der Waals surface area contributed by atoms with E-state index in [2.05, 4.69) is 9.85 Å². The Labute approximate surface area is 58.8 Å². The van der Waals surface area contributed by atoms with Crippen LogP contribution in [0, 0.1) is 6.57 Å². The number of nitrogen functional groups attached to an aromatic ring is 1. The molecular weight excluding hydrogens is 128 g/mol. The van der Waals surface area contributed by atoms with Crippen molar-refractivity contribution in [2.24, 2.45) is 0 Å². The summed E-state index contributed by atoms with van der Waals surface area (Å²) in [6.07, 6.45) is 0. The van der Waals surface area contributed by atoms with Crippen molar-refractivity contribution in [2.45, 2.75) is 0 Å². The van der Waals surface area contributed by atoms with Gasteiger partial charge in [-0.3, -0.25) is 0 Å². The van der Waals surface area contributed by atoms with E-state index in [0.29, 0.717) is 11.4 Å². The highest BCUT2D eigenvalue weighted by atomic mass is 16.6. The smallest absolute Gasteiger partial charge is 0.219 e. The molecule has 0 fully saturated rings. The van der Waals surface area contributed by atoms with Gasteiger partial charge in [-0.05, 0) is 29.3 Å². The van der Waals surface area contributed by atoms with Crippen LogP contribution in [0.1, 0.15) is 0 Å². The molecule has 0 amide bonds. The van der Waals surface area contributed by atoms with E-state index in [0.717, 1.165) is 0 Å². The van der Waals surface area contributed by atoms with Crippen molar-refractivity contribution in [3.8, 4) is 5.75 Å². The summed E-state index contributed by atoms with van der Waals surface area (Å²) in [7, 11) is 0. The minimum absolute atomic E-state index is 0.518. The summed E-state index contributed by atoms with van der Waals surface area (Å²) in [4.78, 5) is 4.50. The van der Waals surface area contributed by atoms with Crippen molar-refractivity contribution < 1.29 is 4.84 Å². The van der Waals surface area contributed by atoms with E-state index in [1.54, 1.807) is 24.3 Å². The van der Waals surface area contributed by atoms with Gasteiger partial charge in [-0.2, -0.15) is 11.4 Å².